The fourth-order valence-electron chi connectivity index (χ4n) is 12.7. The molecule has 0 saturated heterocycles. The fourth-order valence-corrected chi connectivity index (χ4v) is 13.8. The topological polar surface area (TPSA) is 30.4 Å². The second-order valence-electron chi connectivity index (χ2n) is 20.5. The Hall–Kier alpha value is -9.35. The third-order valence-corrected chi connectivity index (χ3v) is 17.4. The molecule has 0 saturated carbocycles. The van der Waals surface area contributed by atoms with Crippen LogP contribution in [0.5, 0.6) is 0 Å². The number of para-hydroxylation sites is 3. The molecule has 0 bridgehead atoms. The first-order chi connectivity index (χ1) is 38.1. The van der Waals surface area contributed by atoms with Gasteiger partial charge >= 0.3 is 0 Å². The summed E-state index contributed by atoms with van der Waals surface area (Å²) in [6.45, 7) is 9.41. The number of aliphatic imine (C=N–C) groups is 1. The van der Waals surface area contributed by atoms with Gasteiger partial charge < -0.3 is 8.98 Å². The van der Waals surface area contributed by atoms with Crippen molar-refractivity contribution in [2.24, 2.45) is 4.99 Å². The molecule has 77 heavy (non-hydrogen) atoms. The van der Waals surface area contributed by atoms with Gasteiger partial charge in [0.05, 0.1) is 22.4 Å². The van der Waals surface area contributed by atoms with Crippen LogP contribution < -0.4 is 0 Å². The quantitative estimate of drug-likeness (QED) is 0.133. The van der Waals surface area contributed by atoms with Crippen molar-refractivity contribution < 1.29 is 4.42 Å². The minimum Gasteiger partial charge on any atom is -0.456 e. The molecule has 0 aliphatic heterocycles. The molecule has 0 radical (unpaired) electrons. The van der Waals surface area contributed by atoms with E-state index in [-0.39, 0.29) is 5.92 Å². The molecule has 11 aromatic carbocycles. The average Bonchev–Trinajstić information content (AvgIpc) is 4.28. The van der Waals surface area contributed by atoms with Crippen LogP contribution in [0.1, 0.15) is 52.1 Å². The zero-order valence-electron chi connectivity index (χ0n) is 42.3. The van der Waals surface area contributed by atoms with Crippen LogP contribution in [0.4, 0.5) is 0 Å². The maximum atomic E-state index is 7.02. The van der Waals surface area contributed by atoms with Crippen molar-refractivity contribution in [1.29, 1.82) is 0 Å². The highest BCUT2D eigenvalue weighted by molar-refractivity contribution is 7.25. The van der Waals surface area contributed by atoms with E-state index < -0.39 is 0 Å². The summed E-state index contributed by atoms with van der Waals surface area (Å²) in [6.07, 6.45) is 6.64. The van der Waals surface area contributed by atoms with Gasteiger partial charge in [-0.15, -0.1) is 11.3 Å². The van der Waals surface area contributed by atoms with E-state index >= 15 is 0 Å². The minimum absolute atomic E-state index is 0.0355. The number of fused-ring (bicyclic) bond motifs is 15. The first-order valence-corrected chi connectivity index (χ1v) is 27.4. The second-order valence-corrected chi connectivity index (χ2v) is 21.6. The Morgan fingerprint density at radius 1 is 0.571 bits per heavy atom. The third kappa shape index (κ3) is 7.35. The predicted molar refractivity (Wildman–Crippen MR) is 329 cm³/mol. The molecule has 1 atom stereocenters. The maximum absolute atomic E-state index is 7.02. The van der Waals surface area contributed by atoms with E-state index in [0.29, 0.717) is 6.42 Å². The Labute approximate surface area is 450 Å². The van der Waals surface area contributed by atoms with E-state index in [1.54, 1.807) is 0 Å². The van der Waals surface area contributed by atoms with Gasteiger partial charge in [-0.2, -0.15) is 0 Å². The molecular formula is C73H50N2OS. The number of aromatic nitrogens is 1. The Morgan fingerprint density at radius 3 is 2.12 bits per heavy atom. The molecule has 0 N–H and O–H groups in total. The van der Waals surface area contributed by atoms with Gasteiger partial charge in [0, 0.05) is 70.0 Å². The number of furan rings is 1. The SMILES string of the molecule is C=C/C(=N\C(=C/CC(=C)c1cc(C2CCc3cc4ccccc4cc3-c3ccc4ccccc4c32)c2oc3ccccc3c2c1)c1cccc2sc3ccccc3c12)c1cccc2c1c1ccccc1n2-c1ccccc1. The number of benzene rings is 11. The highest BCUT2D eigenvalue weighted by Gasteiger charge is 2.30. The van der Waals surface area contributed by atoms with Crippen molar-refractivity contribution in [3.05, 3.63) is 283 Å². The van der Waals surface area contributed by atoms with Crippen molar-refractivity contribution in [2.75, 3.05) is 0 Å². The molecule has 0 spiro atoms. The second kappa shape index (κ2) is 18.2. The number of rotatable bonds is 9. The molecule has 1 aliphatic rings. The normalized spacial score (nSPS) is 14.1. The molecule has 364 valence electrons. The van der Waals surface area contributed by atoms with Crippen LogP contribution in [0.3, 0.4) is 0 Å². The van der Waals surface area contributed by atoms with Crippen LogP contribution in [-0.2, 0) is 6.42 Å². The summed E-state index contributed by atoms with van der Waals surface area (Å²) in [4.78, 5) is 5.75. The molecule has 1 unspecified atom stereocenters. The molecule has 3 heterocycles. The highest BCUT2D eigenvalue weighted by Crippen LogP contribution is 2.49. The molecule has 4 heteroatoms. The standard InChI is InChI=1S/C73H50N2OS/c1-3-63(56-28-17-31-66-71(56)58-26-11-14-30-65(58)75(66)51-22-5-4-6-23-51)74-64(57-29-18-34-69-72(57)59-27-13-16-33-68(59)77-69)40-35-45(2)50-43-61-53-25-12-15-32-67(53)76-73(61)62(44-50)55-39-37-49-41-47-20-7-8-21-48(47)42-60(49)54-38-36-46-19-9-10-24-52(46)70(54)55/h3-34,36,38,40-44,55H,1-2,35,37,39H2/b64-40-,74-63+. The van der Waals surface area contributed by atoms with E-state index in [1.165, 1.54) is 74.9 Å². The number of nitrogens with zero attached hydrogens (tertiary/aromatic N) is 2. The smallest absolute Gasteiger partial charge is 0.139 e. The van der Waals surface area contributed by atoms with Crippen molar-refractivity contribution >= 4 is 114 Å². The summed E-state index contributed by atoms with van der Waals surface area (Å²) in [6, 6.07) is 81.7. The Bertz CT molecular complexity index is 4830. The first-order valence-electron chi connectivity index (χ1n) is 26.6. The van der Waals surface area contributed by atoms with Gasteiger partial charge in [-0.1, -0.05) is 183 Å². The molecule has 1 aliphatic carbocycles. The van der Waals surface area contributed by atoms with Gasteiger partial charge in [-0.05, 0) is 141 Å². The number of allylic oxidation sites excluding steroid dienone is 3. The number of hydrogen-bond acceptors (Lipinski definition) is 3. The summed E-state index contributed by atoms with van der Waals surface area (Å²) in [5.41, 5.74) is 17.6. The molecule has 3 nitrogen and oxygen atoms in total. The maximum Gasteiger partial charge on any atom is 0.139 e. The van der Waals surface area contributed by atoms with Crippen LogP contribution >= 0.6 is 11.3 Å². The summed E-state index contributed by atoms with van der Waals surface area (Å²) < 4.78 is 11.9. The van der Waals surface area contributed by atoms with E-state index in [4.69, 9.17) is 16.0 Å². The van der Waals surface area contributed by atoms with E-state index in [2.05, 4.69) is 242 Å². The Kier molecular flexibility index (Phi) is 10.7. The molecular weight excluding hydrogens is 953 g/mol. The monoisotopic (exact) mass is 1000 g/mol. The van der Waals surface area contributed by atoms with E-state index in [9.17, 15) is 0 Å². The van der Waals surface area contributed by atoms with E-state index in [1.807, 2.05) is 17.4 Å². The number of hydrogen-bond donors (Lipinski definition) is 0. The number of thiophene rings is 1. The summed E-state index contributed by atoms with van der Waals surface area (Å²) in [5, 5.41) is 12.0. The summed E-state index contributed by atoms with van der Waals surface area (Å²) >= 11 is 1.83. The van der Waals surface area contributed by atoms with Crippen LogP contribution in [-0.4, -0.2) is 10.3 Å². The first kappa shape index (κ1) is 45.1. The van der Waals surface area contributed by atoms with Gasteiger partial charge in [-0.3, -0.25) is 0 Å². The third-order valence-electron chi connectivity index (χ3n) is 16.2. The van der Waals surface area contributed by atoms with Crippen molar-refractivity contribution in [3.8, 4) is 16.8 Å². The lowest BCUT2D eigenvalue weighted by atomic mass is 9.81. The summed E-state index contributed by atoms with van der Waals surface area (Å²) in [5.74, 6) is 0.0355. The lowest BCUT2D eigenvalue weighted by Crippen LogP contribution is -2.05. The van der Waals surface area contributed by atoms with Gasteiger partial charge in [0.25, 0.3) is 0 Å². The average molecular weight is 1000 g/mol. The molecule has 15 rings (SSSR count). The molecule has 0 amide bonds. The van der Waals surface area contributed by atoms with Gasteiger partial charge in [0.2, 0.25) is 0 Å². The number of aryl methyl sites for hydroxylation is 1. The van der Waals surface area contributed by atoms with Crippen LogP contribution in [0.2, 0.25) is 0 Å². The lowest BCUT2D eigenvalue weighted by Gasteiger charge is -2.22. The Morgan fingerprint density at radius 2 is 1.26 bits per heavy atom. The van der Waals surface area contributed by atoms with Gasteiger partial charge in [0.15, 0.2) is 0 Å². The Balaban J connectivity index is 0.917. The predicted octanol–water partition coefficient (Wildman–Crippen LogP) is 20.2. The van der Waals surface area contributed by atoms with Gasteiger partial charge in [0.1, 0.15) is 11.2 Å². The lowest BCUT2D eigenvalue weighted by molar-refractivity contribution is 0.648. The fraction of sp³-hybridized carbons (Fsp3) is 0.0548. The van der Waals surface area contributed by atoms with Crippen LogP contribution in [0.15, 0.2) is 259 Å². The van der Waals surface area contributed by atoms with Crippen molar-refractivity contribution in [3.63, 3.8) is 0 Å². The zero-order valence-corrected chi connectivity index (χ0v) is 43.2. The minimum atomic E-state index is 0.0355. The molecule has 0 fully saturated rings. The molecule has 14 aromatic rings. The highest BCUT2D eigenvalue weighted by atomic mass is 32.1. The van der Waals surface area contributed by atoms with Gasteiger partial charge in [-0.25, -0.2) is 4.99 Å². The van der Waals surface area contributed by atoms with Crippen molar-refractivity contribution in [2.45, 2.75) is 25.2 Å². The van der Waals surface area contributed by atoms with Crippen LogP contribution in [0, 0.1) is 0 Å². The van der Waals surface area contributed by atoms with Crippen LogP contribution in [0.25, 0.3) is 114 Å². The van der Waals surface area contributed by atoms with E-state index in [0.717, 1.165) is 90.6 Å². The summed E-state index contributed by atoms with van der Waals surface area (Å²) in [7, 11) is 0. The molecule has 3 aromatic heterocycles. The largest absolute Gasteiger partial charge is 0.456 e. The van der Waals surface area contributed by atoms with Crippen molar-refractivity contribution in [1.82, 2.24) is 4.57 Å². The zero-order chi connectivity index (χ0) is 51.1.